The first-order valence-corrected chi connectivity index (χ1v) is 21.4. The lowest BCUT2D eigenvalue weighted by atomic mass is 9.51. The van der Waals surface area contributed by atoms with Crippen molar-refractivity contribution < 1.29 is 53.1 Å². The van der Waals surface area contributed by atoms with Gasteiger partial charge in [0.05, 0.1) is 29.4 Å². The minimum Gasteiger partial charge on any atom is -0.515 e. The summed E-state index contributed by atoms with van der Waals surface area (Å²) in [6.07, 6.45) is 18.7. The Balaban J connectivity index is 0.000000145. The Kier molecular flexibility index (Phi) is 11.6. The highest BCUT2D eigenvalue weighted by Crippen LogP contribution is 2.61. The molecule has 0 radical (unpaired) electrons. The first kappa shape index (κ1) is 41.3. The molecule has 12 bridgehead atoms. The number of rotatable bonds is 10. The fourth-order valence-electron chi connectivity index (χ4n) is 13.4. The van der Waals surface area contributed by atoms with Crippen LogP contribution >= 0.6 is 0 Å². The van der Waals surface area contributed by atoms with Gasteiger partial charge in [-0.3, -0.25) is 4.79 Å². The molecule has 2 N–H and O–H groups in total. The quantitative estimate of drug-likeness (QED) is 0.0723. The summed E-state index contributed by atoms with van der Waals surface area (Å²) >= 11 is 0. The van der Waals surface area contributed by atoms with Gasteiger partial charge in [-0.15, -0.1) is 0 Å². The Bertz CT molecular complexity index is 1690. The van der Waals surface area contributed by atoms with Gasteiger partial charge in [-0.05, 0) is 171 Å². The average Bonchev–Trinajstić information content (AvgIpc) is 3.79. The van der Waals surface area contributed by atoms with Gasteiger partial charge in [0.15, 0.2) is 0 Å². The number of carboxylic acids is 1. The van der Waals surface area contributed by atoms with E-state index in [9.17, 15) is 24.0 Å². The Morgan fingerprint density at radius 1 is 0.789 bits per heavy atom. The fraction of sp³-hybridized carbons (Fsp3) is 0.717. The third-order valence-electron chi connectivity index (χ3n) is 15.1. The number of ether oxygens (including phenoxy) is 4. The van der Waals surface area contributed by atoms with E-state index in [4.69, 9.17) is 29.2 Å². The SMILES string of the molecule is C=C(C)C(=O)OC(C)CC1C2CC3CC(C2)CC1C3.C=C(C=C(C)C(=O)O)C(=O)OC12CC3CC(C1)CC(OC(=O)C(C)=CO)(C3)C2.O=C1OC2C3CCC2C1C3. The van der Waals surface area contributed by atoms with Crippen molar-refractivity contribution in [3.8, 4) is 0 Å². The van der Waals surface area contributed by atoms with Crippen molar-refractivity contribution in [3.63, 3.8) is 0 Å². The van der Waals surface area contributed by atoms with Gasteiger partial charge in [0.1, 0.15) is 17.3 Å². The van der Waals surface area contributed by atoms with Crippen molar-refractivity contribution in [1.82, 2.24) is 0 Å². The number of esters is 4. The zero-order valence-electron chi connectivity index (χ0n) is 34.2. The highest BCUT2D eigenvalue weighted by Gasteiger charge is 2.62. The molecule has 1 heterocycles. The van der Waals surface area contributed by atoms with E-state index in [-0.39, 0.29) is 34.8 Å². The number of carboxylic acid groups (broad SMARTS) is 1. The van der Waals surface area contributed by atoms with Crippen LogP contribution in [0.3, 0.4) is 0 Å². The number of hydrogen-bond donors (Lipinski definition) is 2. The summed E-state index contributed by atoms with van der Waals surface area (Å²) in [4.78, 5) is 58.3. The molecule has 0 amide bonds. The van der Waals surface area contributed by atoms with Crippen molar-refractivity contribution in [1.29, 1.82) is 0 Å². The molecular formula is C46H62O11. The Morgan fingerprint density at radius 2 is 1.35 bits per heavy atom. The molecule has 11 rings (SSSR count). The molecule has 7 unspecified atom stereocenters. The number of carbonyl (C=O) groups is 5. The first-order chi connectivity index (χ1) is 27.0. The maximum Gasteiger partial charge on any atom is 0.338 e. The van der Waals surface area contributed by atoms with E-state index in [1.54, 1.807) is 6.92 Å². The molecular weight excluding hydrogens is 728 g/mol. The van der Waals surface area contributed by atoms with Crippen LogP contribution in [0.25, 0.3) is 0 Å². The van der Waals surface area contributed by atoms with Gasteiger partial charge in [-0.1, -0.05) is 13.2 Å². The molecule has 11 nitrogen and oxygen atoms in total. The molecule has 57 heavy (non-hydrogen) atoms. The van der Waals surface area contributed by atoms with Gasteiger partial charge in [-0.2, -0.15) is 0 Å². The van der Waals surface area contributed by atoms with Gasteiger partial charge < -0.3 is 29.2 Å². The van der Waals surface area contributed by atoms with Gasteiger partial charge in [-0.25, -0.2) is 19.2 Å². The highest BCUT2D eigenvalue weighted by molar-refractivity contribution is 5.95. The van der Waals surface area contributed by atoms with Crippen LogP contribution in [0, 0.1) is 59.2 Å². The van der Waals surface area contributed by atoms with E-state index < -0.39 is 29.1 Å². The minimum absolute atomic E-state index is 0.00382. The summed E-state index contributed by atoms with van der Waals surface area (Å²) < 4.78 is 22.3. The summed E-state index contributed by atoms with van der Waals surface area (Å²) in [6, 6.07) is 0. The standard InChI is InChI=1S/C21H26O7.C17H26O2.C8H10O2/c1-12(17(23)24)4-13(2)18(25)27-20-6-15-5-16(7-20)9-21(8-15,11-20)28-19(26)14(3)10-22;1-10(2)17(18)19-11(3)4-16-14-6-12-5-13(8-14)9-15(16)7-12;9-8-6-3-4-1-2-5(6)7(4)10-8/h4,10,15-16,22H,2,5-9,11H2,1,3H3,(H,23,24);11-16H,1,4-9H2,2-3H3;4-7H,1-3H2. The molecule has 0 aromatic rings. The second kappa shape index (κ2) is 16.0. The highest BCUT2D eigenvalue weighted by atomic mass is 16.6. The molecule has 1 saturated heterocycles. The van der Waals surface area contributed by atoms with Gasteiger partial charge in [0, 0.05) is 23.5 Å². The molecule has 0 aromatic heterocycles. The molecule has 312 valence electrons. The lowest BCUT2D eigenvalue weighted by molar-refractivity contribution is -0.227. The molecule has 11 fully saturated rings. The number of hydrogen-bond acceptors (Lipinski definition) is 10. The van der Waals surface area contributed by atoms with Gasteiger partial charge in [0.2, 0.25) is 0 Å². The number of aliphatic carboxylic acids is 1. The van der Waals surface area contributed by atoms with E-state index in [0.717, 1.165) is 73.9 Å². The van der Waals surface area contributed by atoms with Crippen LogP contribution < -0.4 is 0 Å². The van der Waals surface area contributed by atoms with E-state index in [1.807, 2.05) is 6.92 Å². The van der Waals surface area contributed by atoms with E-state index in [2.05, 4.69) is 13.2 Å². The Hall–Kier alpha value is -3.89. The number of aliphatic hydroxyl groups is 1. The summed E-state index contributed by atoms with van der Waals surface area (Å²) in [6.45, 7) is 13.9. The summed E-state index contributed by atoms with van der Waals surface area (Å²) in [7, 11) is 0. The van der Waals surface area contributed by atoms with Crippen LogP contribution in [0.1, 0.15) is 124 Å². The molecule has 11 aliphatic rings. The molecule has 1 aliphatic heterocycles. The second-order valence-electron chi connectivity index (χ2n) is 19.6. The van der Waals surface area contributed by atoms with Crippen molar-refractivity contribution in [2.45, 2.75) is 147 Å². The van der Waals surface area contributed by atoms with E-state index in [0.29, 0.717) is 54.6 Å². The van der Waals surface area contributed by atoms with Crippen LogP contribution in [-0.4, -0.2) is 63.5 Å². The molecule has 0 aromatic carbocycles. The predicted octanol–water partition coefficient (Wildman–Crippen LogP) is 8.13. The van der Waals surface area contributed by atoms with Crippen molar-refractivity contribution in [2.24, 2.45) is 59.2 Å². The summed E-state index contributed by atoms with van der Waals surface area (Å²) in [5.74, 6) is 4.49. The maximum absolute atomic E-state index is 12.6. The molecule has 0 spiro atoms. The fourth-order valence-corrected chi connectivity index (χ4v) is 13.4. The zero-order chi connectivity index (χ0) is 41.0. The third kappa shape index (κ3) is 8.63. The second-order valence-corrected chi connectivity index (χ2v) is 19.6. The van der Waals surface area contributed by atoms with Crippen molar-refractivity contribution >= 4 is 29.8 Å². The van der Waals surface area contributed by atoms with Crippen molar-refractivity contribution in [2.75, 3.05) is 0 Å². The number of carbonyl (C=O) groups excluding carboxylic acids is 4. The van der Waals surface area contributed by atoms with Crippen LogP contribution in [0.5, 0.6) is 0 Å². The monoisotopic (exact) mass is 790 g/mol. The third-order valence-corrected chi connectivity index (χ3v) is 15.1. The maximum atomic E-state index is 12.6. The molecule has 10 aliphatic carbocycles. The molecule has 10 saturated carbocycles. The minimum atomic E-state index is -1.12. The predicted molar refractivity (Wildman–Crippen MR) is 209 cm³/mol. The Labute approximate surface area is 336 Å². The summed E-state index contributed by atoms with van der Waals surface area (Å²) in [5.41, 5.74) is -0.794. The smallest absolute Gasteiger partial charge is 0.338 e. The topological polar surface area (TPSA) is 163 Å². The van der Waals surface area contributed by atoms with Gasteiger partial charge >= 0.3 is 29.8 Å². The van der Waals surface area contributed by atoms with Crippen LogP contribution in [0.2, 0.25) is 0 Å². The van der Waals surface area contributed by atoms with Crippen LogP contribution in [0.4, 0.5) is 0 Å². The van der Waals surface area contributed by atoms with E-state index in [1.165, 1.54) is 64.9 Å². The van der Waals surface area contributed by atoms with Gasteiger partial charge in [0.25, 0.3) is 0 Å². The molecule has 7 atom stereocenters. The lowest BCUT2D eigenvalue weighted by Gasteiger charge is -2.60. The normalized spacial score (nSPS) is 40.2. The van der Waals surface area contributed by atoms with Crippen LogP contribution in [-0.2, 0) is 42.9 Å². The van der Waals surface area contributed by atoms with E-state index >= 15 is 0 Å². The number of aliphatic hydroxyl groups excluding tert-OH is 1. The zero-order valence-corrected chi connectivity index (χ0v) is 34.2. The average molecular weight is 791 g/mol. The van der Waals surface area contributed by atoms with Crippen LogP contribution in [0.15, 0.2) is 47.8 Å². The molecule has 11 heteroatoms. The van der Waals surface area contributed by atoms with Crippen molar-refractivity contribution in [3.05, 3.63) is 47.8 Å². The summed E-state index contributed by atoms with van der Waals surface area (Å²) in [5, 5.41) is 18.0. The lowest BCUT2D eigenvalue weighted by Crippen LogP contribution is -2.61. The first-order valence-electron chi connectivity index (χ1n) is 21.4. The largest absolute Gasteiger partial charge is 0.515 e. The Morgan fingerprint density at radius 3 is 1.84 bits per heavy atom.